The van der Waals surface area contributed by atoms with Gasteiger partial charge < -0.3 is 15.4 Å². The van der Waals surface area contributed by atoms with Gasteiger partial charge in [0.05, 0.1) is 29.0 Å². The van der Waals surface area contributed by atoms with Crippen molar-refractivity contribution >= 4 is 28.9 Å². The molecule has 1 amide bonds. The van der Waals surface area contributed by atoms with Crippen LogP contribution in [0.25, 0.3) is 0 Å². The number of non-ortho nitro benzene ring substituents is 1. The molecular weight excluding hydrogens is 266 g/mol. The number of hydrogen-bond donors (Lipinski definition) is 2. The molecule has 0 radical (unpaired) electrons. The molecule has 1 heterocycles. The second kappa shape index (κ2) is 5.39. The van der Waals surface area contributed by atoms with E-state index in [0.717, 1.165) is 6.08 Å². The third-order valence-electron chi connectivity index (χ3n) is 2.52. The lowest BCUT2D eigenvalue weighted by molar-refractivity contribution is -0.384. The van der Waals surface area contributed by atoms with Crippen LogP contribution in [0.2, 0.25) is 0 Å². The first-order valence-electron chi connectivity index (χ1n) is 5.76. The third kappa shape index (κ3) is 2.74. The Bertz CT molecular complexity index is 624. The highest BCUT2D eigenvalue weighted by molar-refractivity contribution is 6.13. The smallest absolute Gasteiger partial charge is 0.333 e. The number of nitro groups is 1. The molecule has 2 rings (SSSR count). The SMILES string of the molecule is CCOC(=O)C=C1Nc2ccc([N+](=O)[O-])cc2NC1=O. The molecule has 0 aliphatic carbocycles. The number of ether oxygens (including phenoxy) is 1. The summed E-state index contributed by atoms with van der Waals surface area (Å²) in [5, 5.41) is 15.8. The molecule has 0 spiro atoms. The van der Waals surface area contributed by atoms with Crippen LogP contribution >= 0.6 is 0 Å². The highest BCUT2D eigenvalue weighted by atomic mass is 16.6. The van der Waals surface area contributed by atoms with Crippen LogP contribution in [0.3, 0.4) is 0 Å². The number of benzene rings is 1. The Morgan fingerprint density at radius 2 is 2.15 bits per heavy atom. The molecule has 2 N–H and O–H groups in total. The summed E-state index contributed by atoms with van der Waals surface area (Å²) < 4.78 is 4.71. The largest absolute Gasteiger partial charge is 0.463 e. The molecule has 0 unspecified atom stereocenters. The number of esters is 1. The molecule has 20 heavy (non-hydrogen) atoms. The Hall–Kier alpha value is -2.90. The number of nitrogens with one attached hydrogen (secondary N) is 2. The number of nitro benzene ring substituents is 1. The summed E-state index contributed by atoms with van der Waals surface area (Å²) in [6.07, 6.45) is 1.03. The zero-order chi connectivity index (χ0) is 14.7. The minimum atomic E-state index is -0.643. The van der Waals surface area contributed by atoms with Crippen molar-refractivity contribution in [1.82, 2.24) is 0 Å². The Kier molecular flexibility index (Phi) is 3.65. The van der Waals surface area contributed by atoms with Gasteiger partial charge in [0.15, 0.2) is 0 Å². The van der Waals surface area contributed by atoms with Gasteiger partial charge in [0, 0.05) is 12.1 Å². The van der Waals surface area contributed by atoms with Gasteiger partial charge in [0.2, 0.25) is 0 Å². The summed E-state index contributed by atoms with van der Waals surface area (Å²) in [4.78, 5) is 33.2. The predicted octanol–water partition coefficient (Wildman–Crippen LogP) is 1.41. The van der Waals surface area contributed by atoms with E-state index in [0.29, 0.717) is 5.69 Å². The molecule has 1 aromatic rings. The highest BCUT2D eigenvalue weighted by Gasteiger charge is 2.22. The minimum Gasteiger partial charge on any atom is -0.463 e. The van der Waals surface area contributed by atoms with Gasteiger partial charge in [0.1, 0.15) is 5.70 Å². The number of carbonyl (C=O) groups is 2. The van der Waals surface area contributed by atoms with Crippen LogP contribution in [0, 0.1) is 10.1 Å². The molecular formula is C12H11N3O5. The van der Waals surface area contributed by atoms with Crippen molar-refractivity contribution < 1.29 is 19.2 Å². The lowest BCUT2D eigenvalue weighted by Crippen LogP contribution is -2.26. The van der Waals surface area contributed by atoms with E-state index in [-0.39, 0.29) is 23.7 Å². The molecule has 0 atom stereocenters. The Morgan fingerprint density at radius 3 is 2.80 bits per heavy atom. The van der Waals surface area contributed by atoms with E-state index in [9.17, 15) is 19.7 Å². The van der Waals surface area contributed by atoms with Crippen LogP contribution in [0.5, 0.6) is 0 Å². The summed E-state index contributed by atoms with van der Waals surface area (Å²) >= 11 is 0. The normalized spacial score (nSPS) is 15.1. The van der Waals surface area contributed by atoms with Crippen LogP contribution in [0.4, 0.5) is 17.1 Å². The van der Waals surface area contributed by atoms with Gasteiger partial charge in [-0.3, -0.25) is 14.9 Å². The summed E-state index contributed by atoms with van der Waals surface area (Å²) in [5.74, 6) is -1.21. The first kappa shape index (κ1) is 13.5. The summed E-state index contributed by atoms with van der Waals surface area (Å²) in [5.41, 5.74) is 0.629. The van der Waals surface area contributed by atoms with Gasteiger partial charge in [-0.15, -0.1) is 0 Å². The van der Waals surface area contributed by atoms with E-state index in [1.165, 1.54) is 18.2 Å². The highest BCUT2D eigenvalue weighted by Crippen LogP contribution is 2.31. The number of amides is 1. The zero-order valence-corrected chi connectivity index (χ0v) is 10.5. The number of hydrogen-bond acceptors (Lipinski definition) is 6. The van der Waals surface area contributed by atoms with Crippen molar-refractivity contribution in [1.29, 1.82) is 0 Å². The van der Waals surface area contributed by atoms with Gasteiger partial charge in [-0.2, -0.15) is 0 Å². The van der Waals surface area contributed by atoms with E-state index in [1.807, 2.05) is 0 Å². The topological polar surface area (TPSA) is 111 Å². The zero-order valence-electron chi connectivity index (χ0n) is 10.5. The fraction of sp³-hybridized carbons (Fsp3) is 0.167. The van der Waals surface area contributed by atoms with Crippen molar-refractivity contribution in [3.63, 3.8) is 0 Å². The van der Waals surface area contributed by atoms with Crippen LogP contribution < -0.4 is 10.6 Å². The Balaban J connectivity index is 2.28. The van der Waals surface area contributed by atoms with E-state index < -0.39 is 16.8 Å². The maximum absolute atomic E-state index is 11.8. The Labute approximate surface area is 113 Å². The fourth-order valence-corrected chi connectivity index (χ4v) is 1.65. The minimum absolute atomic E-state index is 0.0183. The van der Waals surface area contributed by atoms with E-state index in [1.54, 1.807) is 6.92 Å². The van der Waals surface area contributed by atoms with Gasteiger partial charge in [-0.25, -0.2) is 4.79 Å². The standard InChI is InChI=1S/C12H11N3O5/c1-2-20-11(16)6-10-12(17)14-9-5-7(15(18)19)3-4-8(9)13-10/h3-6,13H,2H2,1H3,(H,14,17). The van der Waals surface area contributed by atoms with Crippen molar-refractivity contribution in [2.24, 2.45) is 0 Å². The number of fused-ring (bicyclic) bond motifs is 1. The van der Waals surface area contributed by atoms with E-state index in [2.05, 4.69) is 10.6 Å². The molecule has 1 aliphatic heterocycles. The van der Waals surface area contributed by atoms with Crippen LogP contribution in [-0.4, -0.2) is 23.4 Å². The number of anilines is 2. The van der Waals surface area contributed by atoms with Gasteiger partial charge in [-0.1, -0.05) is 0 Å². The first-order valence-corrected chi connectivity index (χ1v) is 5.76. The molecule has 8 heteroatoms. The molecule has 1 aliphatic rings. The molecule has 104 valence electrons. The van der Waals surface area contributed by atoms with Crippen molar-refractivity contribution in [2.45, 2.75) is 6.92 Å². The number of nitrogens with zero attached hydrogens (tertiary/aromatic N) is 1. The monoisotopic (exact) mass is 277 g/mol. The maximum Gasteiger partial charge on any atom is 0.333 e. The predicted molar refractivity (Wildman–Crippen MR) is 70.1 cm³/mol. The second-order valence-electron chi connectivity index (χ2n) is 3.88. The summed E-state index contributed by atoms with van der Waals surface area (Å²) in [6, 6.07) is 3.98. The lowest BCUT2D eigenvalue weighted by atomic mass is 10.1. The average Bonchev–Trinajstić information content (AvgIpc) is 2.39. The van der Waals surface area contributed by atoms with Crippen molar-refractivity contribution in [2.75, 3.05) is 17.2 Å². The second-order valence-corrected chi connectivity index (χ2v) is 3.88. The van der Waals surface area contributed by atoms with Crippen LogP contribution in [0.15, 0.2) is 30.0 Å². The lowest BCUT2D eigenvalue weighted by Gasteiger charge is -2.20. The Morgan fingerprint density at radius 1 is 1.40 bits per heavy atom. The molecule has 1 aromatic carbocycles. The molecule has 8 nitrogen and oxygen atoms in total. The maximum atomic E-state index is 11.8. The molecule has 0 saturated carbocycles. The van der Waals surface area contributed by atoms with Crippen molar-refractivity contribution in [3.8, 4) is 0 Å². The van der Waals surface area contributed by atoms with Gasteiger partial charge in [0.25, 0.3) is 11.6 Å². The van der Waals surface area contributed by atoms with E-state index in [4.69, 9.17) is 4.74 Å². The quantitative estimate of drug-likeness (QED) is 0.374. The van der Waals surface area contributed by atoms with Gasteiger partial charge in [-0.05, 0) is 13.0 Å². The fourth-order valence-electron chi connectivity index (χ4n) is 1.65. The van der Waals surface area contributed by atoms with E-state index >= 15 is 0 Å². The first-order chi connectivity index (χ1) is 9.51. The van der Waals surface area contributed by atoms with Crippen LogP contribution in [-0.2, 0) is 14.3 Å². The molecule has 0 saturated heterocycles. The van der Waals surface area contributed by atoms with Gasteiger partial charge >= 0.3 is 5.97 Å². The number of rotatable bonds is 3. The van der Waals surface area contributed by atoms with Crippen molar-refractivity contribution in [3.05, 3.63) is 40.1 Å². The summed E-state index contributed by atoms with van der Waals surface area (Å²) in [7, 11) is 0. The number of carbonyl (C=O) groups excluding carboxylic acids is 2. The molecule has 0 fully saturated rings. The summed E-state index contributed by atoms with van der Waals surface area (Å²) in [6.45, 7) is 1.85. The molecule has 0 aromatic heterocycles. The average molecular weight is 277 g/mol. The molecule has 0 bridgehead atoms. The third-order valence-corrected chi connectivity index (χ3v) is 2.52. The van der Waals surface area contributed by atoms with Crippen LogP contribution in [0.1, 0.15) is 6.92 Å².